The number of esters is 1. The third kappa shape index (κ3) is 4.63. The summed E-state index contributed by atoms with van der Waals surface area (Å²) < 4.78 is 10.9. The Morgan fingerprint density at radius 1 is 1.39 bits per heavy atom. The second-order valence-corrected chi connectivity index (χ2v) is 7.21. The van der Waals surface area contributed by atoms with E-state index < -0.39 is 5.97 Å². The van der Waals surface area contributed by atoms with Crippen molar-refractivity contribution in [3.8, 4) is 0 Å². The first-order chi connectivity index (χ1) is 10.9. The van der Waals surface area contributed by atoms with Crippen molar-refractivity contribution in [2.24, 2.45) is 0 Å². The van der Waals surface area contributed by atoms with Crippen molar-refractivity contribution in [3.63, 3.8) is 0 Å². The highest BCUT2D eigenvalue weighted by Gasteiger charge is 2.17. The molecule has 2 heterocycles. The summed E-state index contributed by atoms with van der Waals surface area (Å²) in [7, 11) is 5.39. The van der Waals surface area contributed by atoms with Crippen LogP contribution in [0.25, 0.3) is 9.53 Å². The van der Waals surface area contributed by atoms with Crippen molar-refractivity contribution < 1.29 is 19.1 Å². The van der Waals surface area contributed by atoms with Crippen molar-refractivity contribution in [2.45, 2.75) is 13.0 Å². The molecule has 0 radical (unpaired) electrons. The van der Waals surface area contributed by atoms with E-state index in [1.54, 1.807) is 13.2 Å². The Balaban J connectivity index is 1.90. The first kappa shape index (κ1) is 17.6. The lowest BCUT2D eigenvalue weighted by Crippen LogP contribution is -2.38. The van der Waals surface area contributed by atoms with Gasteiger partial charge in [0.1, 0.15) is 9.71 Å². The van der Waals surface area contributed by atoms with Gasteiger partial charge in [0.2, 0.25) is 0 Å². The SMILES string of the molecule is COC[C@H](C)NC(=O)COC(=O)c1cc2sc(N(C)C)nc2s1. The highest BCUT2D eigenvalue weighted by Crippen LogP contribution is 2.34. The number of nitrogens with one attached hydrogen (secondary N) is 1. The molecule has 23 heavy (non-hydrogen) atoms. The molecule has 0 saturated carbocycles. The third-order valence-corrected chi connectivity index (χ3v) is 5.13. The van der Waals surface area contributed by atoms with Crippen LogP contribution in [0.5, 0.6) is 0 Å². The van der Waals surface area contributed by atoms with E-state index >= 15 is 0 Å². The van der Waals surface area contributed by atoms with Gasteiger partial charge in [0.15, 0.2) is 11.7 Å². The molecule has 0 bridgehead atoms. The molecule has 0 aromatic carbocycles. The van der Waals surface area contributed by atoms with Gasteiger partial charge in [0.05, 0.1) is 11.3 Å². The minimum atomic E-state index is -0.513. The number of hydrogen-bond acceptors (Lipinski definition) is 8. The fraction of sp³-hybridized carbons (Fsp3) is 0.500. The zero-order valence-corrected chi connectivity index (χ0v) is 15.0. The molecule has 0 unspecified atom stereocenters. The van der Waals surface area contributed by atoms with Gasteiger partial charge in [-0.15, -0.1) is 11.3 Å². The van der Waals surface area contributed by atoms with Gasteiger partial charge >= 0.3 is 5.97 Å². The quantitative estimate of drug-likeness (QED) is 0.760. The van der Waals surface area contributed by atoms with Crippen molar-refractivity contribution in [2.75, 3.05) is 39.3 Å². The predicted octanol–water partition coefficient (Wildman–Crippen LogP) is 1.73. The average Bonchev–Trinajstić information content (AvgIpc) is 3.03. The van der Waals surface area contributed by atoms with E-state index in [9.17, 15) is 9.59 Å². The van der Waals surface area contributed by atoms with Crippen LogP contribution in [0.3, 0.4) is 0 Å². The molecule has 0 saturated heterocycles. The lowest BCUT2D eigenvalue weighted by atomic mass is 10.3. The molecule has 1 N–H and O–H groups in total. The van der Waals surface area contributed by atoms with Crippen LogP contribution >= 0.6 is 22.7 Å². The molecule has 7 nitrogen and oxygen atoms in total. The maximum absolute atomic E-state index is 12.0. The molecule has 126 valence electrons. The Morgan fingerprint density at radius 2 is 2.13 bits per heavy atom. The maximum atomic E-state index is 12.0. The van der Waals surface area contributed by atoms with Gasteiger partial charge in [-0.25, -0.2) is 9.78 Å². The number of thiophene rings is 1. The lowest BCUT2D eigenvalue weighted by molar-refractivity contribution is -0.125. The summed E-state index contributed by atoms with van der Waals surface area (Å²) in [4.78, 5) is 31.2. The molecule has 9 heteroatoms. The zero-order valence-electron chi connectivity index (χ0n) is 13.4. The third-order valence-electron chi connectivity index (χ3n) is 2.82. The van der Waals surface area contributed by atoms with Crippen LogP contribution in [0.2, 0.25) is 0 Å². The van der Waals surface area contributed by atoms with Crippen LogP contribution < -0.4 is 10.2 Å². The summed E-state index contributed by atoms with van der Waals surface area (Å²) in [5.41, 5.74) is 0. The Morgan fingerprint density at radius 3 is 2.74 bits per heavy atom. The van der Waals surface area contributed by atoms with E-state index in [0.717, 1.165) is 14.7 Å². The normalized spacial score (nSPS) is 12.2. The van der Waals surface area contributed by atoms with Crippen molar-refractivity contribution in [1.82, 2.24) is 10.3 Å². The van der Waals surface area contributed by atoms with Crippen LogP contribution in [0.15, 0.2) is 6.07 Å². The molecular formula is C14H19N3O4S2. The van der Waals surface area contributed by atoms with E-state index in [4.69, 9.17) is 9.47 Å². The Labute approximate surface area is 142 Å². The van der Waals surface area contributed by atoms with E-state index in [-0.39, 0.29) is 18.6 Å². The minimum absolute atomic E-state index is 0.132. The minimum Gasteiger partial charge on any atom is -0.451 e. The molecule has 1 atom stereocenters. The summed E-state index contributed by atoms with van der Waals surface area (Å²) in [5, 5.41) is 3.56. The molecule has 0 aliphatic carbocycles. The highest BCUT2D eigenvalue weighted by molar-refractivity contribution is 7.29. The van der Waals surface area contributed by atoms with Crippen LogP contribution in [0.4, 0.5) is 5.13 Å². The summed E-state index contributed by atoms with van der Waals surface area (Å²) in [6.45, 7) is 1.90. The standard InChI is InChI=1S/C14H19N3O4S2/c1-8(6-20-4)15-11(18)7-21-13(19)10-5-9-12(22-10)16-14(23-9)17(2)3/h5,8H,6-7H2,1-4H3,(H,15,18)/t8-/m0/s1. The number of carbonyl (C=O) groups is 2. The Kier molecular flexibility index (Phi) is 5.91. The van der Waals surface area contributed by atoms with E-state index in [0.29, 0.717) is 11.5 Å². The summed E-state index contributed by atoms with van der Waals surface area (Å²) in [6, 6.07) is 1.62. The van der Waals surface area contributed by atoms with Gasteiger partial charge in [-0.05, 0) is 13.0 Å². The molecule has 0 fully saturated rings. The topological polar surface area (TPSA) is 80.8 Å². The van der Waals surface area contributed by atoms with Crippen LogP contribution in [-0.2, 0) is 14.3 Å². The average molecular weight is 357 g/mol. The van der Waals surface area contributed by atoms with Crippen molar-refractivity contribution >= 4 is 49.2 Å². The first-order valence-electron chi connectivity index (χ1n) is 6.93. The fourth-order valence-corrected chi connectivity index (χ4v) is 3.85. The van der Waals surface area contributed by atoms with Gasteiger partial charge in [-0.2, -0.15) is 0 Å². The number of methoxy groups -OCH3 is 1. The number of ether oxygens (including phenoxy) is 2. The molecule has 0 aliphatic rings. The number of fused-ring (bicyclic) bond motifs is 1. The Hall–Kier alpha value is -1.71. The van der Waals surface area contributed by atoms with Gasteiger partial charge < -0.3 is 19.7 Å². The first-order valence-corrected chi connectivity index (χ1v) is 8.57. The number of nitrogens with zero attached hydrogens (tertiary/aromatic N) is 2. The lowest BCUT2D eigenvalue weighted by Gasteiger charge is -2.12. The second kappa shape index (κ2) is 7.71. The fourth-order valence-electron chi connectivity index (χ4n) is 1.83. The number of aromatic nitrogens is 1. The number of amides is 1. The van der Waals surface area contributed by atoms with E-state index in [1.807, 2.05) is 25.9 Å². The summed E-state index contributed by atoms with van der Waals surface area (Å²) in [6.07, 6.45) is 0. The van der Waals surface area contributed by atoms with Crippen LogP contribution in [-0.4, -0.2) is 57.3 Å². The Bertz CT molecular complexity index is 664. The number of rotatable bonds is 7. The summed E-state index contributed by atoms with van der Waals surface area (Å²) in [5.74, 6) is -0.865. The van der Waals surface area contributed by atoms with E-state index in [2.05, 4.69) is 10.3 Å². The monoisotopic (exact) mass is 357 g/mol. The van der Waals surface area contributed by atoms with Crippen molar-refractivity contribution in [3.05, 3.63) is 10.9 Å². The largest absolute Gasteiger partial charge is 0.451 e. The molecule has 0 aliphatic heterocycles. The van der Waals surface area contributed by atoms with Crippen LogP contribution in [0, 0.1) is 0 Å². The zero-order chi connectivity index (χ0) is 17.0. The highest BCUT2D eigenvalue weighted by atomic mass is 32.1. The van der Waals surface area contributed by atoms with Gasteiger partial charge in [-0.3, -0.25) is 4.79 Å². The number of anilines is 1. The summed E-state index contributed by atoms with van der Waals surface area (Å²) >= 11 is 2.77. The molecule has 2 aromatic heterocycles. The predicted molar refractivity (Wildman–Crippen MR) is 91.6 cm³/mol. The molecule has 1 amide bonds. The van der Waals surface area contributed by atoms with Gasteiger partial charge in [0, 0.05) is 27.2 Å². The maximum Gasteiger partial charge on any atom is 0.348 e. The van der Waals surface area contributed by atoms with Crippen LogP contribution in [0.1, 0.15) is 16.6 Å². The number of carbonyl (C=O) groups excluding carboxylic acids is 2. The molecule has 0 spiro atoms. The van der Waals surface area contributed by atoms with Crippen molar-refractivity contribution in [1.29, 1.82) is 0 Å². The molecule has 2 rings (SSSR count). The van der Waals surface area contributed by atoms with E-state index in [1.165, 1.54) is 22.7 Å². The van der Waals surface area contributed by atoms with Gasteiger partial charge in [-0.1, -0.05) is 11.3 Å². The number of thiazole rings is 1. The number of hydrogen-bond donors (Lipinski definition) is 1. The molecule has 2 aromatic rings. The molecular weight excluding hydrogens is 338 g/mol. The smallest absolute Gasteiger partial charge is 0.348 e. The van der Waals surface area contributed by atoms with Gasteiger partial charge in [0.25, 0.3) is 5.91 Å². The second-order valence-electron chi connectivity index (χ2n) is 5.17.